The van der Waals surface area contributed by atoms with Crippen LogP contribution in [0.1, 0.15) is 82.2 Å². The molecule has 2 aromatic rings. The number of aliphatic hydroxyl groups excluding tert-OH is 1. The van der Waals surface area contributed by atoms with Gasteiger partial charge in [0.2, 0.25) is 5.78 Å². The number of furan rings is 1. The number of rotatable bonds is 8. The van der Waals surface area contributed by atoms with E-state index in [0.717, 1.165) is 44.1 Å². The number of Topliss-reactive ketones (excluding diaryl/α,β-unsaturated/α-hetero) is 1. The number of hydrogen-bond donors (Lipinski definition) is 2. The number of carbonyl (C=O) groups excluding carboxylic acids is 1. The van der Waals surface area contributed by atoms with Gasteiger partial charge in [-0.05, 0) is 98.6 Å². The molecule has 4 fully saturated rings. The Bertz CT molecular complexity index is 1680. The molecule has 3 heterocycles. The topological polar surface area (TPSA) is 117 Å². The molecule has 2 aromatic heterocycles. The first-order valence-corrected chi connectivity index (χ1v) is 19.3. The van der Waals surface area contributed by atoms with E-state index in [1.165, 1.54) is 21.9 Å². The molecular weight excluding hydrogens is 623 g/mol. The van der Waals surface area contributed by atoms with Gasteiger partial charge >= 0.3 is 0 Å². The number of fused-ring (bicyclic) bond motifs is 1. The second-order valence-electron chi connectivity index (χ2n) is 15.5. The van der Waals surface area contributed by atoms with Crippen LogP contribution in [0.5, 0.6) is 0 Å². The zero-order valence-electron chi connectivity index (χ0n) is 26.7. The molecule has 1 aliphatic heterocycles. The fraction of sp³-hybridized carbons (Fsp3) is 0.639. The second-order valence-corrected chi connectivity index (χ2v) is 18.6. The smallest absolute Gasteiger partial charge is 0.252 e. The molecule has 1 saturated heterocycles. The Hall–Kier alpha value is -2.08. The van der Waals surface area contributed by atoms with Gasteiger partial charge < -0.3 is 19.4 Å². The van der Waals surface area contributed by atoms with E-state index in [9.17, 15) is 23.4 Å². The van der Waals surface area contributed by atoms with Crippen molar-refractivity contribution >= 4 is 27.1 Å². The molecule has 9 atom stereocenters. The minimum Gasteiger partial charge on any atom is -0.461 e. The quantitative estimate of drug-likeness (QED) is 0.263. The first-order valence-electron chi connectivity index (χ1n) is 17.0. The lowest BCUT2D eigenvalue weighted by molar-refractivity contribution is -0.174. The van der Waals surface area contributed by atoms with E-state index in [-0.39, 0.29) is 46.4 Å². The van der Waals surface area contributed by atoms with Crippen molar-refractivity contribution in [1.82, 2.24) is 4.31 Å². The molecule has 8 nitrogen and oxygen atoms in total. The number of ether oxygens (including phenoxy) is 1. The van der Waals surface area contributed by atoms with E-state index in [1.54, 1.807) is 29.6 Å². The van der Waals surface area contributed by atoms with Crippen LogP contribution in [0.2, 0.25) is 0 Å². The number of hydrogen-bond acceptors (Lipinski definition) is 8. The lowest BCUT2D eigenvalue weighted by Gasteiger charge is -2.71. The van der Waals surface area contributed by atoms with Gasteiger partial charge in [0.15, 0.2) is 5.76 Å². The molecule has 2 N–H and O–H groups in total. The van der Waals surface area contributed by atoms with Gasteiger partial charge in [-0.1, -0.05) is 38.1 Å². The van der Waals surface area contributed by atoms with E-state index in [0.29, 0.717) is 31.6 Å². The number of allylic oxidation sites excluding steroid dienone is 4. The van der Waals surface area contributed by atoms with Crippen molar-refractivity contribution in [3.8, 4) is 0 Å². The van der Waals surface area contributed by atoms with Gasteiger partial charge in [0.25, 0.3) is 10.0 Å². The molecule has 7 aliphatic rings. The summed E-state index contributed by atoms with van der Waals surface area (Å²) in [5.74, 6) is 0.247. The Kier molecular flexibility index (Phi) is 7.09. The summed E-state index contributed by atoms with van der Waals surface area (Å²) in [4.78, 5) is 14.4. The summed E-state index contributed by atoms with van der Waals surface area (Å²) >= 11 is 1.20. The highest BCUT2D eigenvalue weighted by molar-refractivity contribution is 7.91. The highest BCUT2D eigenvalue weighted by Crippen LogP contribution is 2.78. The molecule has 0 aromatic carbocycles. The Morgan fingerprint density at radius 2 is 1.83 bits per heavy atom. The van der Waals surface area contributed by atoms with Crippen LogP contribution in [0.3, 0.4) is 0 Å². The minimum atomic E-state index is -3.86. The molecule has 248 valence electrons. The van der Waals surface area contributed by atoms with Crippen LogP contribution in [0.15, 0.2) is 68.3 Å². The predicted molar refractivity (Wildman–Crippen MR) is 174 cm³/mol. The summed E-state index contributed by atoms with van der Waals surface area (Å²) in [5.41, 5.74) is -2.44. The zero-order valence-corrected chi connectivity index (χ0v) is 28.3. The van der Waals surface area contributed by atoms with Crippen molar-refractivity contribution in [2.24, 2.45) is 33.5 Å². The van der Waals surface area contributed by atoms with Crippen molar-refractivity contribution < 1.29 is 32.6 Å². The lowest BCUT2D eigenvalue weighted by Crippen LogP contribution is -2.67. The Morgan fingerprint density at radius 1 is 1.04 bits per heavy atom. The average Bonchev–Trinajstić information content (AvgIpc) is 3.85. The number of nitrogens with zero attached hydrogens (tertiary/aromatic N) is 1. The van der Waals surface area contributed by atoms with Gasteiger partial charge in [0.05, 0.1) is 24.1 Å². The maximum Gasteiger partial charge on any atom is 0.252 e. The van der Waals surface area contributed by atoms with Crippen molar-refractivity contribution in [3.63, 3.8) is 0 Å². The zero-order chi connectivity index (χ0) is 32.2. The lowest BCUT2D eigenvalue weighted by atomic mass is 9.32. The maximum absolute atomic E-state index is 14.4. The van der Waals surface area contributed by atoms with Gasteiger partial charge in [-0.3, -0.25) is 4.79 Å². The Labute approximate surface area is 275 Å². The van der Waals surface area contributed by atoms with Crippen LogP contribution in [-0.2, 0) is 14.8 Å². The normalized spacial score (nSPS) is 42.9. The number of sulfonamides is 1. The fourth-order valence-corrected chi connectivity index (χ4v) is 13.9. The van der Waals surface area contributed by atoms with Gasteiger partial charge in [-0.25, -0.2) is 8.42 Å². The van der Waals surface area contributed by atoms with Crippen LogP contribution in [0, 0.1) is 33.5 Å². The molecule has 2 spiro atoms. The van der Waals surface area contributed by atoms with Gasteiger partial charge in [-0.2, -0.15) is 4.31 Å². The third-order valence-corrected chi connectivity index (χ3v) is 16.8. The molecule has 0 amide bonds. The molecule has 10 heteroatoms. The minimum absolute atomic E-state index is 0.0108. The van der Waals surface area contributed by atoms with Crippen LogP contribution >= 0.6 is 11.3 Å². The molecule has 2 bridgehead atoms. The third kappa shape index (κ3) is 4.10. The fourth-order valence-electron chi connectivity index (χ4n) is 11.2. The van der Waals surface area contributed by atoms with Gasteiger partial charge in [-0.15, -0.1) is 11.3 Å². The summed E-state index contributed by atoms with van der Waals surface area (Å²) in [5, 5.41) is 25.5. The van der Waals surface area contributed by atoms with Crippen LogP contribution in [-0.4, -0.2) is 66.2 Å². The predicted octanol–water partition coefficient (Wildman–Crippen LogP) is 5.98. The van der Waals surface area contributed by atoms with E-state index < -0.39 is 38.0 Å². The largest absolute Gasteiger partial charge is 0.461 e. The second kappa shape index (κ2) is 10.5. The average molecular weight is 668 g/mol. The first kappa shape index (κ1) is 31.2. The van der Waals surface area contributed by atoms with Crippen molar-refractivity contribution in [2.75, 3.05) is 19.7 Å². The van der Waals surface area contributed by atoms with Gasteiger partial charge in [0.1, 0.15) is 4.21 Å². The Morgan fingerprint density at radius 3 is 2.54 bits per heavy atom. The summed E-state index contributed by atoms with van der Waals surface area (Å²) in [6.07, 6.45) is 14.2. The van der Waals surface area contributed by atoms with Crippen LogP contribution in [0.25, 0.3) is 0 Å². The highest BCUT2D eigenvalue weighted by Gasteiger charge is 2.74. The number of ketones is 1. The van der Waals surface area contributed by atoms with Crippen LogP contribution in [0.4, 0.5) is 0 Å². The molecule has 1 unspecified atom stereocenters. The summed E-state index contributed by atoms with van der Waals surface area (Å²) < 4.78 is 41.6. The summed E-state index contributed by atoms with van der Waals surface area (Å²) in [6.45, 7) is 5.32. The highest BCUT2D eigenvalue weighted by atomic mass is 32.2. The maximum atomic E-state index is 14.4. The Balaban J connectivity index is 1.22. The molecule has 9 rings (SSSR count). The van der Waals surface area contributed by atoms with E-state index in [4.69, 9.17) is 9.15 Å². The summed E-state index contributed by atoms with van der Waals surface area (Å²) in [7, 11) is -3.86. The molecular formula is C36H45NO7S2. The summed E-state index contributed by atoms with van der Waals surface area (Å²) in [6, 6.07) is 6.84. The monoisotopic (exact) mass is 667 g/mol. The molecule has 46 heavy (non-hydrogen) atoms. The number of carbonyl (C=O) groups is 1. The van der Waals surface area contributed by atoms with Gasteiger partial charge in [0, 0.05) is 41.5 Å². The molecule has 6 aliphatic carbocycles. The first-order chi connectivity index (χ1) is 21.9. The van der Waals surface area contributed by atoms with E-state index in [1.807, 2.05) is 0 Å². The SMILES string of the molecule is C[C@]12CC[C@H]3[C@]4(C=C[C@@]5(C=C4C(=O)c4ccco4)CC(O)CC[C@]35C)[C@@H]1CC[C@@]2(O)CN(C[C@H]1CCCO1)S(=O)(=O)c1cccs1. The van der Waals surface area contributed by atoms with Crippen molar-refractivity contribution in [1.29, 1.82) is 0 Å². The third-order valence-electron chi connectivity index (χ3n) is 13.7. The van der Waals surface area contributed by atoms with Crippen molar-refractivity contribution in [3.05, 3.63) is 65.5 Å². The molecule has 3 saturated carbocycles. The standard InChI is InChI=1S/C36H45NO7S2/c1-32-12-9-24(38)20-34(32)15-16-36(26(21-34)31(39)27-7-4-18-44-27)28(32)10-13-33(2)29(36)11-14-35(33,40)23-37(22-25-6-3-17-43-25)46(41,42)30-8-5-19-45-30/h4-5,7-8,15-16,18-19,21,24-25,28-29,38,40H,3,6,9-14,17,20,22-23H2,1-2H3/t24?,25-,28-,29-,32-,33+,34+,35-,36-/m1/s1. The molecule has 0 radical (unpaired) electrons. The van der Waals surface area contributed by atoms with E-state index in [2.05, 4.69) is 32.1 Å². The van der Waals surface area contributed by atoms with Crippen molar-refractivity contribution in [2.45, 2.75) is 93.7 Å². The van der Waals surface area contributed by atoms with Crippen LogP contribution < -0.4 is 0 Å². The van der Waals surface area contributed by atoms with E-state index >= 15 is 0 Å². The number of aliphatic hydroxyl groups is 2. The number of thiophene rings is 1.